The second-order valence-electron chi connectivity index (χ2n) is 34.9. The molecule has 9 aromatic rings. The quantitative estimate of drug-likeness (QED) is 0.0253. The van der Waals surface area contributed by atoms with Crippen molar-refractivity contribution in [3.05, 3.63) is 250 Å². The second kappa shape index (κ2) is 41.4. The molecule has 11 saturated heterocycles. The summed E-state index contributed by atoms with van der Waals surface area (Å²) in [6, 6.07) is 24.6. The van der Waals surface area contributed by atoms with Crippen molar-refractivity contribution in [2.45, 2.75) is 214 Å². The third-order valence-corrected chi connectivity index (χ3v) is 30.6. The van der Waals surface area contributed by atoms with Gasteiger partial charge in [-0.15, -0.1) is 0 Å². The Morgan fingerprint density at radius 3 is 1.26 bits per heavy atom. The molecule has 11 fully saturated rings. The van der Waals surface area contributed by atoms with E-state index in [1.54, 1.807) is 18.5 Å². The van der Waals surface area contributed by atoms with Gasteiger partial charge < -0.3 is 107 Å². The summed E-state index contributed by atoms with van der Waals surface area (Å²) < 4.78 is 129. The van der Waals surface area contributed by atoms with E-state index in [4.69, 9.17) is 76.3 Å². The fourth-order valence-corrected chi connectivity index (χ4v) is 21.9. The van der Waals surface area contributed by atoms with E-state index in [1.165, 1.54) is 76.0 Å². The molecule has 54 nitrogen and oxygen atoms in total. The fraction of sp³-hybridized carbons (Fsp3) is 0.536. The van der Waals surface area contributed by atoms with Gasteiger partial charge in [0, 0.05) is 91.6 Å². The second-order valence-corrected chi connectivity index (χ2v) is 39.3. The third-order valence-electron chi connectivity index (χ3n) is 26.8. The first-order chi connectivity index (χ1) is 66.9. The number of esters is 1. The van der Waals surface area contributed by atoms with Crippen LogP contribution in [0.2, 0.25) is 0 Å². The lowest BCUT2D eigenvalue weighted by molar-refractivity contribution is -0.187. The first-order valence-corrected chi connectivity index (χ1v) is 48.8. The third kappa shape index (κ3) is 21.0. The molecular weight excluding hydrogens is 1940 g/mol. The number of aliphatic hydroxyl groups is 4. The molecule has 18 heterocycles. The molecule has 0 aliphatic carbocycles. The number of phosphoric acid groups is 3. The van der Waals surface area contributed by atoms with E-state index >= 15 is 0 Å². The number of fused-ring (bicyclic) bond motifs is 11. The average Bonchev–Trinajstić information content (AvgIpc) is 1.60. The van der Waals surface area contributed by atoms with Crippen molar-refractivity contribution in [2.24, 2.45) is 17.8 Å². The number of aromatic nitrogens is 14. The van der Waals surface area contributed by atoms with E-state index in [0.29, 0.717) is 67.7 Å². The Morgan fingerprint density at radius 1 is 0.461 bits per heavy atom. The van der Waals surface area contributed by atoms with Crippen LogP contribution < -0.4 is 61.6 Å². The van der Waals surface area contributed by atoms with Crippen LogP contribution in [0.5, 0.6) is 0 Å². The van der Waals surface area contributed by atoms with Crippen molar-refractivity contribution < 1.29 is 138 Å². The monoisotopic (exact) mass is 2040 g/mol. The molecule has 57 heteroatoms. The maximum absolute atomic E-state index is 12.5. The van der Waals surface area contributed by atoms with E-state index in [1.807, 2.05) is 78.9 Å². The number of aliphatic hydroxyl groups excluding tert-OH is 4. The number of hydrogen-bond donors (Lipinski definition) is 14. The molecule has 11 aliphatic heterocycles. The molecule has 2 aromatic carbocycles. The Morgan fingerprint density at radius 2 is 0.844 bits per heavy atom. The molecule has 141 heavy (non-hydrogen) atoms. The largest absolute Gasteiger partial charge is 0.490 e. The van der Waals surface area contributed by atoms with Crippen LogP contribution >= 0.6 is 23.5 Å². The van der Waals surface area contributed by atoms with Gasteiger partial charge in [0.25, 0.3) is 33.7 Å². The minimum atomic E-state index is -5.72. The smallest absolute Gasteiger partial charge is 0.455 e. The minimum absolute atomic E-state index is 0.00803. The van der Waals surface area contributed by atoms with Gasteiger partial charge in [-0.25, -0.2) is 52.6 Å². The number of H-pyrrole nitrogens is 5. The predicted octanol–water partition coefficient (Wildman–Crippen LogP) is -0.524. The number of imidazole rings is 1. The van der Waals surface area contributed by atoms with Gasteiger partial charge in [-0.3, -0.25) is 90.4 Å². The summed E-state index contributed by atoms with van der Waals surface area (Å²) in [4.78, 5) is 199. The van der Waals surface area contributed by atoms with Crippen LogP contribution in [-0.2, 0) is 99.8 Å². The number of carbonyl (C=O) groups is 2. The van der Waals surface area contributed by atoms with Gasteiger partial charge in [-0.1, -0.05) is 97.0 Å². The van der Waals surface area contributed by atoms with Gasteiger partial charge >= 0.3 is 57.9 Å². The molecule has 1 amide bonds. The number of nitrogens with one attached hydrogen (secondary N) is 6. The van der Waals surface area contributed by atoms with Crippen molar-refractivity contribution >= 4 is 52.3 Å². The summed E-state index contributed by atoms with van der Waals surface area (Å²) in [5.41, 5.74) is -8.16. The first-order valence-electron chi connectivity index (χ1n) is 44.3. The van der Waals surface area contributed by atoms with Gasteiger partial charge in [-0.05, 0) is 43.4 Å². The first kappa shape index (κ1) is 104. The van der Waals surface area contributed by atoms with Crippen molar-refractivity contribution in [2.75, 3.05) is 58.2 Å². The summed E-state index contributed by atoms with van der Waals surface area (Å²) in [6.45, 7) is 15.6. The zero-order chi connectivity index (χ0) is 102. The van der Waals surface area contributed by atoms with Crippen LogP contribution in [0, 0.1) is 17.8 Å². The number of aromatic amines is 5. The highest BCUT2D eigenvalue weighted by Crippen LogP contribution is 2.67. The highest BCUT2D eigenvalue weighted by Gasteiger charge is 2.66. The van der Waals surface area contributed by atoms with Crippen molar-refractivity contribution in [1.29, 1.82) is 0 Å². The predicted molar refractivity (Wildman–Crippen MR) is 477 cm³/mol. The fourth-order valence-electron chi connectivity index (χ4n) is 18.9. The van der Waals surface area contributed by atoms with E-state index in [0.717, 1.165) is 39.8 Å². The molecule has 25 atom stereocenters. The number of nitrogens with zero attached hydrogens (tertiary/aromatic N) is 9. The number of benzene rings is 2. The number of carbonyl (C=O) groups excluding carboxylic acids is 2. The molecule has 20 rings (SSSR count). The Kier molecular flexibility index (Phi) is 30.7. The van der Waals surface area contributed by atoms with E-state index < -0.39 is 189 Å². The number of hydrogen-bond acceptors (Lipinski definition) is 38. The van der Waals surface area contributed by atoms with E-state index in [9.17, 15) is 96.5 Å². The topological polar surface area (TPSA) is 725 Å². The summed E-state index contributed by atoms with van der Waals surface area (Å²) in [5.74, 6) is 0.155. The summed E-state index contributed by atoms with van der Waals surface area (Å²) in [5, 5.41) is 41.9. The average molecular weight is 2040 g/mol. The van der Waals surface area contributed by atoms with E-state index in [-0.39, 0.29) is 73.3 Å². The van der Waals surface area contributed by atoms with Gasteiger partial charge in [-0.2, -0.15) is 8.62 Å². The summed E-state index contributed by atoms with van der Waals surface area (Å²) in [6.07, 6.45) is 1.89. The molecule has 7 aromatic heterocycles. The molecule has 8 unspecified atom stereocenters. The maximum Gasteiger partial charge on any atom is 0.490 e. The summed E-state index contributed by atoms with van der Waals surface area (Å²) >= 11 is 0. The number of phosphoric ester groups is 1. The van der Waals surface area contributed by atoms with Crippen molar-refractivity contribution in [3.8, 4) is 0 Å². The number of amides is 1. The Hall–Kier alpha value is -10.9. The number of rotatable bonds is 25. The zero-order valence-electron chi connectivity index (χ0n) is 76.4. The van der Waals surface area contributed by atoms with Crippen LogP contribution in [0.4, 0.5) is 5.82 Å². The Balaban J connectivity index is 0.000000129. The molecule has 0 spiro atoms. The lowest BCUT2D eigenvalue weighted by atomic mass is 9.88. The SMILES string of the molecule is CCC1(CC)O[C@@H](n2ccc(=O)[nH]c2=O)C(OC(C)=O)[C@H]1OCc1ccccc1.CC[C@@]12COC([C@H](n3ccc(=O)[nH]c3=O)O1)[C@H]2C.CC[C@@]12COC([C@H](n3cnc4c(NC(=O)c5ccccc5)ncnc43)O1)[C@H]2C.C[C@@H]1C2OC[C@]1(CO)O[C@H]2n1ccc(=O)[nH]c1=O.O=c1ccn([C@@H]2O[C@@]3(CO)COC2[C@H]3O)c(=O)[nH]1.O=c1ccn([C@@H]2O[C@@]3(COP(=O)(O)OP(=O)(O)OP(=O)(O)O)COC2[C@H]3O)c(=O)[nH]1. The Bertz CT molecular complexity index is 6620. The van der Waals surface area contributed by atoms with Crippen molar-refractivity contribution in [1.82, 2.24) is 67.3 Å². The van der Waals surface area contributed by atoms with Gasteiger partial charge in [0.05, 0.1) is 77.0 Å². The Labute approximate surface area is 793 Å². The minimum Gasteiger partial charge on any atom is -0.455 e. The highest BCUT2D eigenvalue weighted by atomic mass is 31.3. The molecule has 764 valence electrons. The van der Waals surface area contributed by atoms with Gasteiger partial charge in [0.2, 0.25) is 0 Å². The molecule has 11 aliphatic rings. The zero-order valence-corrected chi connectivity index (χ0v) is 79.1. The highest BCUT2D eigenvalue weighted by molar-refractivity contribution is 7.66. The number of anilines is 1. The standard InChI is InChI=1S/C21H26N2O6.C20H21N5O3.C12H16N2O4.C11H14N2O5.C10H15N2O15P3.C10H12N2O6/c1-4-21(5-2)18(27-13-15-9-7-6-8-10-15)17(28-14(3)24)19(29-21)23-12-11-16(25)22-20(23)26;1-3-20-9-27-15(12(20)2)19(28-20)25-11-23-14-16(21-10-22-17(14)25)24-18(26)13-7-5-4-6-8-13;1-3-12-6-17-9(7(12)2)10(18-12)14-5-4-8(15)13-11(14)16;1-6-8-9(18-11(6,4-14)5-17-8)13-3-2-7(15)12-10(13)16;13-5-1-2-12(9(15)11-5)8-6-7(14)10(25-8,3-23-6)4-24-29(19,20)27-30(21,22)26-28(16,17)18;13-3-10-4-17-6(7(10)15)8(18-10)12-2-1-5(14)11-9(12)16/h6-12,17-19H,4-5,13H2,1-3H3,(H,22,25,26);4-8,10-12,15,19H,3,9H2,1-2H3,(H,21,22,24,26);4-5,7,9-10H,3,6H2,1-2H3,(H,13,15,16);2-3,6,8-9,14H,4-5H2,1H3,(H,12,15,16);1-2,6-8,14H,3-4H2,(H,19,20)(H,21,22)(H,11,13,15)(H2,16,17,18);1-2,6-8,13,15H,3-4H2,(H,11,14,16)/t17?,18-,19-;12-,15?,19-,20+;7-,9?,10-,12+;6-,8?,9-,11+;6?,7-,8-,10-;6?,7-,8-,10+/m111111/s1. The normalized spacial score (nSPS) is 32.0. The molecule has 10 bridgehead atoms. The van der Waals surface area contributed by atoms with E-state index in [2.05, 4.69) is 81.0 Å². The van der Waals surface area contributed by atoms with Crippen LogP contribution in [0.25, 0.3) is 11.2 Å². The molecule has 14 N–H and O–H groups in total. The van der Waals surface area contributed by atoms with Gasteiger partial charge in [0.15, 0.2) is 60.5 Å². The lowest BCUT2D eigenvalue weighted by Gasteiger charge is -2.33. The van der Waals surface area contributed by atoms with Crippen molar-refractivity contribution in [3.63, 3.8) is 0 Å². The lowest BCUT2D eigenvalue weighted by Crippen LogP contribution is -2.45. The molecular formula is C84H104N15O39P3. The number of ether oxygens (including phenoxy) is 13. The molecule has 0 saturated carbocycles. The maximum atomic E-state index is 12.5. The molecule has 0 radical (unpaired) electrons. The van der Waals surface area contributed by atoms with Crippen LogP contribution in [0.15, 0.2) is 183 Å². The van der Waals surface area contributed by atoms with Crippen LogP contribution in [0.1, 0.15) is 134 Å². The van der Waals surface area contributed by atoms with Crippen LogP contribution in [0.3, 0.4) is 0 Å². The van der Waals surface area contributed by atoms with Gasteiger partial charge in [0.1, 0.15) is 77.6 Å². The summed E-state index contributed by atoms with van der Waals surface area (Å²) in [7, 11) is -16.7. The van der Waals surface area contributed by atoms with Crippen LogP contribution in [-0.4, -0.2) is 261 Å².